The molecular formula is C13H21NO3. The van der Waals surface area contributed by atoms with Crippen molar-refractivity contribution in [3.63, 3.8) is 0 Å². The molecule has 0 aromatic carbocycles. The van der Waals surface area contributed by atoms with Crippen molar-refractivity contribution in [1.82, 2.24) is 4.90 Å². The molecule has 0 atom stereocenters. The highest BCUT2D eigenvalue weighted by Gasteiger charge is 2.37. The first-order chi connectivity index (χ1) is 7.78. The Morgan fingerprint density at radius 2 is 1.71 bits per heavy atom. The van der Waals surface area contributed by atoms with Crippen molar-refractivity contribution >= 4 is 11.9 Å². The Morgan fingerprint density at radius 3 is 2.00 bits per heavy atom. The summed E-state index contributed by atoms with van der Waals surface area (Å²) in [7, 11) is 1.51. The van der Waals surface area contributed by atoms with Gasteiger partial charge in [0.2, 0.25) is 5.91 Å². The van der Waals surface area contributed by atoms with Gasteiger partial charge < -0.3 is 10.0 Å². The van der Waals surface area contributed by atoms with Crippen LogP contribution in [0, 0.1) is 5.92 Å². The van der Waals surface area contributed by atoms with Crippen molar-refractivity contribution in [3.8, 4) is 0 Å². The molecular weight excluding hydrogens is 218 g/mol. The lowest BCUT2D eigenvalue weighted by atomic mass is 9.96. The Kier molecular flexibility index (Phi) is 5.65. The van der Waals surface area contributed by atoms with Crippen molar-refractivity contribution in [2.24, 2.45) is 5.92 Å². The number of carbonyl (C=O) groups excluding carboxylic acids is 1. The van der Waals surface area contributed by atoms with Gasteiger partial charge in [0.05, 0.1) is 0 Å². The third-order valence-corrected chi connectivity index (χ3v) is 2.94. The predicted molar refractivity (Wildman–Crippen MR) is 67.6 cm³/mol. The van der Waals surface area contributed by atoms with Gasteiger partial charge in [0.15, 0.2) is 0 Å². The number of hydrogen-bond acceptors (Lipinski definition) is 2. The Bertz CT molecular complexity index is 311. The van der Waals surface area contributed by atoms with E-state index in [1.54, 1.807) is 12.2 Å². The zero-order valence-electron chi connectivity index (χ0n) is 10.8. The van der Waals surface area contributed by atoms with E-state index in [1.165, 1.54) is 25.8 Å². The number of amides is 1. The molecule has 1 amide bonds. The van der Waals surface area contributed by atoms with Gasteiger partial charge in [-0.3, -0.25) is 4.79 Å². The molecule has 1 N–H and O–H groups in total. The molecule has 0 saturated heterocycles. The summed E-state index contributed by atoms with van der Waals surface area (Å²) in [5.41, 5.74) is -1.21. The number of rotatable bonds is 7. The summed E-state index contributed by atoms with van der Waals surface area (Å²) in [4.78, 5) is 24.5. The van der Waals surface area contributed by atoms with Crippen LogP contribution < -0.4 is 0 Å². The van der Waals surface area contributed by atoms with Crippen molar-refractivity contribution in [2.75, 3.05) is 7.05 Å². The number of nitrogens with zero attached hydrogens (tertiary/aromatic N) is 1. The van der Waals surface area contributed by atoms with Crippen LogP contribution in [-0.2, 0) is 9.59 Å². The Morgan fingerprint density at radius 1 is 1.29 bits per heavy atom. The number of aliphatic carboxylic acids is 1. The van der Waals surface area contributed by atoms with E-state index in [0.29, 0.717) is 12.8 Å². The van der Waals surface area contributed by atoms with Crippen LogP contribution in [0.4, 0.5) is 0 Å². The van der Waals surface area contributed by atoms with E-state index in [1.807, 2.05) is 0 Å². The molecule has 0 unspecified atom stereocenters. The minimum absolute atomic E-state index is 0.197. The number of carboxylic acid groups (broad SMARTS) is 1. The highest BCUT2D eigenvalue weighted by molar-refractivity contribution is 5.87. The van der Waals surface area contributed by atoms with Crippen LogP contribution in [0.5, 0.6) is 0 Å². The first-order valence-electron chi connectivity index (χ1n) is 5.51. The van der Waals surface area contributed by atoms with Crippen molar-refractivity contribution < 1.29 is 14.7 Å². The zero-order chi connectivity index (χ0) is 13.6. The molecule has 0 radical (unpaired) electrons. The lowest BCUT2D eigenvalue weighted by molar-refractivity contribution is -0.156. The lowest BCUT2D eigenvalue weighted by Gasteiger charge is -2.34. The topological polar surface area (TPSA) is 57.6 Å². The van der Waals surface area contributed by atoms with Crippen molar-refractivity contribution in [2.45, 2.75) is 32.2 Å². The first-order valence-corrected chi connectivity index (χ1v) is 5.51. The minimum Gasteiger partial charge on any atom is -0.480 e. The van der Waals surface area contributed by atoms with E-state index in [9.17, 15) is 9.59 Å². The van der Waals surface area contributed by atoms with Gasteiger partial charge in [-0.25, -0.2) is 4.79 Å². The minimum atomic E-state index is -1.21. The summed E-state index contributed by atoms with van der Waals surface area (Å²) >= 11 is 0. The number of carbonyl (C=O) groups is 2. The summed E-state index contributed by atoms with van der Waals surface area (Å²) in [5, 5.41) is 9.07. The average Bonchev–Trinajstić information content (AvgIpc) is 2.26. The van der Waals surface area contributed by atoms with Crippen LogP contribution in [0.3, 0.4) is 0 Å². The molecule has 96 valence electrons. The summed E-state index contributed by atoms with van der Waals surface area (Å²) in [6.45, 7) is 10.2. The van der Waals surface area contributed by atoms with Gasteiger partial charge in [-0.05, 0) is 26.7 Å². The fourth-order valence-electron chi connectivity index (χ4n) is 1.39. The number of carboxylic acids is 1. The summed E-state index contributed by atoms with van der Waals surface area (Å²) < 4.78 is 0. The van der Waals surface area contributed by atoms with Crippen molar-refractivity contribution in [3.05, 3.63) is 25.3 Å². The molecule has 0 rings (SSSR count). The molecule has 0 spiro atoms. The maximum Gasteiger partial charge on any atom is 0.329 e. The lowest BCUT2D eigenvalue weighted by Crippen LogP contribution is -2.52. The molecule has 0 fully saturated rings. The van der Waals surface area contributed by atoms with E-state index < -0.39 is 11.5 Å². The summed E-state index contributed by atoms with van der Waals surface area (Å²) in [6.07, 6.45) is 4.36. The molecule has 0 aliphatic heterocycles. The second-order valence-electron chi connectivity index (χ2n) is 4.51. The van der Waals surface area contributed by atoms with Gasteiger partial charge >= 0.3 is 5.97 Å². The molecule has 17 heavy (non-hydrogen) atoms. The normalized spacial score (nSPS) is 11.1. The average molecular weight is 239 g/mol. The predicted octanol–water partition coefficient (Wildman–Crippen LogP) is 2.08. The van der Waals surface area contributed by atoms with E-state index >= 15 is 0 Å². The largest absolute Gasteiger partial charge is 0.480 e. The fraction of sp³-hybridized carbons (Fsp3) is 0.538. The number of hydrogen-bond donors (Lipinski definition) is 1. The Balaban J connectivity index is 4.93. The SMILES string of the molecule is C=CCC(CC=C)C(=O)N(C)C(C)(C)C(=O)O. The Labute approximate surface area is 103 Å². The number of likely N-dealkylation sites (N-methyl/N-ethyl adjacent to an activating group) is 1. The van der Waals surface area contributed by atoms with Gasteiger partial charge in [0.1, 0.15) is 5.54 Å². The van der Waals surface area contributed by atoms with E-state index in [-0.39, 0.29) is 11.8 Å². The zero-order valence-corrected chi connectivity index (χ0v) is 10.8. The fourth-order valence-corrected chi connectivity index (χ4v) is 1.39. The highest BCUT2D eigenvalue weighted by Crippen LogP contribution is 2.20. The van der Waals surface area contributed by atoms with Gasteiger partial charge in [-0.2, -0.15) is 0 Å². The summed E-state index contributed by atoms with van der Waals surface area (Å²) in [6, 6.07) is 0. The van der Waals surface area contributed by atoms with Crippen LogP contribution in [0.15, 0.2) is 25.3 Å². The molecule has 0 saturated carbocycles. The smallest absolute Gasteiger partial charge is 0.329 e. The van der Waals surface area contributed by atoms with E-state index in [2.05, 4.69) is 13.2 Å². The van der Waals surface area contributed by atoms with Gasteiger partial charge in [0.25, 0.3) is 0 Å². The van der Waals surface area contributed by atoms with E-state index in [4.69, 9.17) is 5.11 Å². The molecule has 0 aliphatic rings. The maximum absolute atomic E-state index is 12.1. The third kappa shape index (κ3) is 3.73. The second-order valence-corrected chi connectivity index (χ2v) is 4.51. The van der Waals surface area contributed by atoms with Gasteiger partial charge in [-0.15, -0.1) is 13.2 Å². The van der Waals surface area contributed by atoms with Crippen LogP contribution in [-0.4, -0.2) is 34.5 Å². The van der Waals surface area contributed by atoms with E-state index in [0.717, 1.165) is 0 Å². The molecule has 0 aromatic rings. The molecule has 4 heteroatoms. The molecule has 0 bridgehead atoms. The van der Waals surface area contributed by atoms with Crippen LogP contribution in [0.1, 0.15) is 26.7 Å². The molecule has 4 nitrogen and oxygen atoms in total. The maximum atomic E-state index is 12.1. The molecule has 0 aliphatic carbocycles. The summed E-state index contributed by atoms with van der Waals surface area (Å²) in [5.74, 6) is -1.50. The standard InChI is InChI=1S/C13H21NO3/c1-6-8-10(9-7-2)11(15)14(5)13(3,4)12(16)17/h6-7,10H,1-2,8-9H2,3-5H3,(H,16,17). The second kappa shape index (κ2) is 6.23. The van der Waals surface area contributed by atoms with Crippen molar-refractivity contribution in [1.29, 1.82) is 0 Å². The van der Waals surface area contributed by atoms with Gasteiger partial charge in [-0.1, -0.05) is 12.2 Å². The first kappa shape index (κ1) is 15.4. The molecule has 0 heterocycles. The highest BCUT2D eigenvalue weighted by atomic mass is 16.4. The Hall–Kier alpha value is -1.58. The van der Waals surface area contributed by atoms with Crippen LogP contribution in [0.2, 0.25) is 0 Å². The quantitative estimate of drug-likeness (QED) is 0.692. The monoisotopic (exact) mass is 239 g/mol. The molecule has 0 aromatic heterocycles. The number of allylic oxidation sites excluding steroid dienone is 2. The third-order valence-electron chi connectivity index (χ3n) is 2.94. The van der Waals surface area contributed by atoms with Crippen LogP contribution >= 0.6 is 0 Å². The van der Waals surface area contributed by atoms with Gasteiger partial charge in [0, 0.05) is 13.0 Å². The van der Waals surface area contributed by atoms with Crippen LogP contribution in [0.25, 0.3) is 0 Å².